The Balaban J connectivity index is 2.15. The molecule has 0 radical (unpaired) electrons. The van der Waals surface area contributed by atoms with Crippen molar-refractivity contribution in [2.24, 2.45) is 0 Å². The predicted octanol–water partition coefficient (Wildman–Crippen LogP) is 3.07. The van der Waals surface area contributed by atoms with E-state index in [4.69, 9.17) is 4.74 Å². The zero-order chi connectivity index (χ0) is 12.0. The number of hydrogen-bond donors (Lipinski definition) is 1. The standard InChI is InChI=1S/C13H27NOS/c1-13(2,3)16-10-11(14-4)7-8-12-6-5-9-15-12/h11-12,14H,5-10H2,1-4H3. The molecule has 0 spiro atoms. The van der Waals surface area contributed by atoms with Crippen LogP contribution in [0.5, 0.6) is 0 Å². The molecule has 1 rings (SSSR count). The Morgan fingerprint density at radius 1 is 1.44 bits per heavy atom. The Hall–Kier alpha value is 0.270. The summed E-state index contributed by atoms with van der Waals surface area (Å²) in [6.07, 6.45) is 5.52. The van der Waals surface area contributed by atoms with Crippen LogP contribution in [0.15, 0.2) is 0 Å². The second-order valence-corrected chi connectivity index (χ2v) is 7.47. The lowest BCUT2D eigenvalue weighted by Crippen LogP contribution is -2.30. The van der Waals surface area contributed by atoms with Gasteiger partial charge in [0.1, 0.15) is 0 Å². The molecule has 1 heterocycles. The summed E-state index contributed by atoms with van der Waals surface area (Å²) < 4.78 is 6.03. The molecule has 0 bridgehead atoms. The second kappa shape index (κ2) is 6.87. The summed E-state index contributed by atoms with van der Waals surface area (Å²) in [6, 6.07) is 0.633. The van der Waals surface area contributed by atoms with Gasteiger partial charge >= 0.3 is 0 Å². The van der Waals surface area contributed by atoms with Gasteiger partial charge in [-0.2, -0.15) is 11.8 Å². The molecule has 2 atom stereocenters. The van der Waals surface area contributed by atoms with Crippen molar-refractivity contribution in [1.82, 2.24) is 5.32 Å². The highest BCUT2D eigenvalue weighted by Crippen LogP contribution is 2.25. The predicted molar refractivity (Wildman–Crippen MR) is 73.3 cm³/mol. The molecule has 96 valence electrons. The summed E-state index contributed by atoms with van der Waals surface area (Å²) in [5, 5.41) is 3.42. The van der Waals surface area contributed by atoms with Gasteiger partial charge in [-0.05, 0) is 32.7 Å². The van der Waals surface area contributed by atoms with Gasteiger partial charge in [0, 0.05) is 23.1 Å². The molecule has 1 aliphatic rings. The van der Waals surface area contributed by atoms with Crippen molar-refractivity contribution < 1.29 is 4.74 Å². The molecule has 0 amide bonds. The maximum atomic E-state index is 5.66. The van der Waals surface area contributed by atoms with Crippen LogP contribution >= 0.6 is 11.8 Å². The van der Waals surface area contributed by atoms with Gasteiger partial charge in [0.25, 0.3) is 0 Å². The highest BCUT2D eigenvalue weighted by atomic mass is 32.2. The first-order valence-electron chi connectivity index (χ1n) is 6.44. The van der Waals surface area contributed by atoms with Crippen molar-refractivity contribution in [3.05, 3.63) is 0 Å². The molecule has 2 unspecified atom stereocenters. The van der Waals surface area contributed by atoms with E-state index in [2.05, 4.69) is 33.1 Å². The van der Waals surface area contributed by atoms with E-state index in [1.807, 2.05) is 11.8 Å². The van der Waals surface area contributed by atoms with Gasteiger partial charge in [-0.1, -0.05) is 20.8 Å². The Morgan fingerprint density at radius 3 is 2.69 bits per heavy atom. The number of nitrogens with one attached hydrogen (secondary N) is 1. The summed E-state index contributed by atoms with van der Waals surface area (Å²) in [6.45, 7) is 7.82. The molecule has 0 aromatic carbocycles. The summed E-state index contributed by atoms with van der Waals surface area (Å²) >= 11 is 2.05. The normalized spacial score (nSPS) is 23.6. The van der Waals surface area contributed by atoms with Gasteiger partial charge in [-0.15, -0.1) is 0 Å². The molecule has 0 aliphatic carbocycles. The van der Waals surface area contributed by atoms with Crippen molar-refractivity contribution in [3.8, 4) is 0 Å². The van der Waals surface area contributed by atoms with E-state index in [0.29, 0.717) is 16.9 Å². The zero-order valence-corrected chi connectivity index (χ0v) is 12.0. The van der Waals surface area contributed by atoms with Crippen LogP contribution in [-0.2, 0) is 4.74 Å². The Kier molecular flexibility index (Phi) is 6.16. The van der Waals surface area contributed by atoms with Gasteiger partial charge in [0.15, 0.2) is 0 Å². The maximum Gasteiger partial charge on any atom is 0.0576 e. The lowest BCUT2D eigenvalue weighted by Gasteiger charge is -2.23. The highest BCUT2D eigenvalue weighted by Gasteiger charge is 2.19. The summed E-state index contributed by atoms with van der Waals surface area (Å²) in [5.74, 6) is 1.20. The van der Waals surface area contributed by atoms with Crippen LogP contribution in [0.1, 0.15) is 46.5 Å². The van der Waals surface area contributed by atoms with E-state index >= 15 is 0 Å². The second-order valence-electron chi connectivity index (χ2n) is 5.62. The van der Waals surface area contributed by atoms with Gasteiger partial charge in [-0.3, -0.25) is 0 Å². The van der Waals surface area contributed by atoms with E-state index in [1.165, 1.54) is 31.4 Å². The molecule has 1 aliphatic heterocycles. The third-order valence-electron chi connectivity index (χ3n) is 2.99. The molecule has 1 saturated heterocycles. The molecule has 2 nitrogen and oxygen atoms in total. The van der Waals surface area contributed by atoms with Crippen LogP contribution < -0.4 is 5.32 Å². The minimum atomic E-state index is 0.374. The molecular formula is C13H27NOS. The molecule has 0 aromatic heterocycles. The van der Waals surface area contributed by atoms with Crippen LogP contribution in [0.25, 0.3) is 0 Å². The van der Waals surface area contributed by atoms with Crippen LogP contribution in [0, 0.1) is 0 Å². The van der Waals surface area contributed by atoms with E-state index in [0.717, 1.165) is 6.61 Å². The van der Waals surface area contributed by atoms with E-state index < -0.39 is 0 Å². The molecule has 1 N–H and O–H groups in total. The first-order chi connectivity index (χ1) is 7.51. The maximum absolute atomic E-state index is 5.66. The van der Waals surface area contributed by atoms with E-state index in [-0.39, 0.29) is 0 Å². The third-order valence-corrected chi connectivity index (χ3v) is 4.42. The van der Waals surface area contributed by atoms with Crippen molar-refractivity contribution in [2.75, 3.05) is 19.4 Å². The Morgan fingerprint density at radius 2 is 2.19 bits per heavy atom. The minimum Gasteiger partial charge on any atom is -0.378 e. The summed E-state index contributed by atoms with van der Waals surface area (Å²) in [5.41, 5.74) is 0. The lowest BCUT2D eigenvalue weighted by molar-refractivity contribution is 0.100. The van der Waals surface area contributed by atoms with E-state index in [1.54, 1.807) is 0 Å². The van der Waals surface area contributed by atoms with Crippen molar-refractivity contribution in [2.45, 2.75) is 63.3 Å². The fourth-order valence-corrected chi connectivity index (χ4v) is 2.96. The number of hydrogen-bond acceptors (Lipinski definition) is 3. The molecule has 3 heteroatoms. The average Bonchev–Trinajstić information content (AvgIpc) is 2.69. The van der Waals surface area contributed by atoms with Crippen LogP contribution in [0.4, 0.5) is 0 Å². The largest absolute Gasteiger partial charge is 0.378 e. The average molecular weight is 245 g/mol. The zero-order valence-electron chi connectivity index (χ0n) is 11.2. The quantitative estimate of drug-likeness (QED) is 0.777. The SMILES string of the molecule is CNC(CCC1CCCO1)CSC(C)(C)C. The molecule has 0 saturated carbocycles. The van der Waals surface area contributed by atoms with Crippen molar-refractivity contribution in [1.29, 1.82) is 0 Å². The first-order valence-corrected chi connectivity index (χ1v) is 7.42. The van der Waals surface area contributed by atoms with Gasteiger partial charge in [0.05, 0.1) is 6.10 Å². The fourth-order valence-electron chi connectivity index (χ4n) is 1.92. The van der Waals surface area contributed by atoms with Gasteiger partial charge in [0.2, 0.25) is 0 Å². The van der Waals surface area contributed by atoms with Crippen molar-refractivity contribution >= 4 is 11.8 Å². The summed E-state index contributed by atoms with van der Waals surface area (Å²) in [4.78, 5) is 0. The third kappa shape index (κ3) is 6.12. The minimum absolute atomic E-state index is 0.374. The molecular weight excluding hydrogens is 218 g/mol. The monoisotopic (exact) mass is 245 g/mol. The number of rotatable bonds is 6. The molecule has 1 fully saturated rings. The summed E-state index contributed by atoms with van der Waals surface area (Å²) in [7, 11) is 2.07. The van der Waals surface area contributed by atoms with Crippen molar-refractivity contribution in [3.63, 3.8) is 0 Å². The fraction of sp³-hybridized carbons (Fsp3) is 1.00. The van der Waals surface area contributed by atoms with Crippen LogP contribution in [-0.4, -0.2) is 36.3 Å². The Bertz CT molecular complexity index is 185. The first kappa shape index (κ1) is 14.3. The molecule has 16 heavy (non-hydrogen) atoms. The smallest absolute Gasteiger partial charge is 0.0576 e. The molecule has 0 aromatic rings. The highest BCUT2D eigenvalue weighted by molar-refractivity contribution is 8.00. The number of ether oxygens (including phenoxy) is 1. The topological polar surface area (TPSA) is 21.3 Å². The lowest BCUT2D eigenvalue weighted by atomic mass is 10.1. The van der Waals surface area contributed by atoms with Gasteiger partial charge < -0.3 is 10.1 Å². The van der Waals surface area contributed by atoms with Crippen LogP contribution in [0.3, 0.4) is 0 Å². The van der Waals surface area contributed by atoms with Gasteiger partial charge in [-0.25, -0.2) is 0 Å². The van der Waals surface area contributed by atoms with E-state index in [9.17, 15) is 0 Å². The van der Waals surface area contributed by atoms with Crippen LogP contribution in [0.2, 0.25) is 0 Å². The Labute approximate surface area is 105 Å². The number of thioether (sulfide) groups is 1.